The van der Waals surface area contributed by atoms with E-state index >= 15 is 0 Å². The molecule has 2 unspecified atom stereocenters. The molecule has 0 aliphatic heterocycles. The summed E-state index contributed by atoms with van der Waals surface area (Å²) >= 11 is 7.00. The SMILES string of the molecule is COC(c1ccc(Cl)cn1)C(C)SN. The van der Waals surface area contributed by atoms with Crippen LogP contribution in [0.5, 0.6) is 0 Å². The number of halogens is 1. The lowest BCUT2D eigenvalue weighted by Crippen LogP contribution is -2.16. The van der Waals surface area contributed by atoms with Crippen molar-refractivity contribution < 1.29 is 4.74 Å². The molecule has 14 heavy (non-hydrogen) atoms. The average Bonchev–Trinajstić information content (AvgIpc) is 2.21. The standard InChI is InChI=1S/C9H13ClN2OS/c1-6(14-11)9(13-2)8-4-3-7(10)5-12-8/h3-6,9H,11H2,1-2H3. The zero-order valence-corrected chi connectivity index (χ0v) is 9.68. The second-order valence-corrected chi connectivity index (χ2v) is 4.35. The van der Waals surface area contributed by atoms with E-state index in [1.54, 1.807) is 19.4 Å². The van der Waals surface area contributed by atoms with Crippen molar-refractivity contribution in [3.8, 4) is 0 Å². The quantitative estimate of drug-likeness (QED) is 0.810. The van der Waals surface area contributed by atoms with E-state index in [1.165, 1.54) is 11.9 Å². The van der Waals surface area contributed by atoms with E-state index in [9.17, 15) is 0 Å². The van der Waals surface area contributed by atoms with E-state index in [1.807, 2.05) is 13.0 Å². The number of rotatable bonds is 4. The molecule has 2 atom stereocenters. The van der Waals surface area contributed by atoms with Gasteiger partial charge in [-0.15, -0.1) is 0 Å². The molecule has 1 aromatic rings. The van der Waals surface area contributed by atoms with Gasteiger partial charge in [0.25, 0.3) is 0 Å². The van der Waals surface area contributed by atoms with E-state index in [2.05, 4.69) is 4.98 Å². The van der Waals surface area contributed by atoms with Crippen LogP contribution >= 0.6 is 23.5 Å². The van der Waals surface area contributed by atoms with Crippen LogP contribution in [0.4, 0.5) is 0 Å². The highest BCUT2D eigenvalue weighted by Gasteiger charge is 2.19. The van der Waals surface area contributed by atoms with Crippen molar-refractivity contribution >= 4 is 23.5 Å². The fourth-order valence-electron chi connectivity index (χ4n) is 1.18. The van der Waals surface area contributed by atoms with Gasteiger partial charge >= 0.3 is 0 Å². The molecule has 0 amide bonds. The molecule has 0 spiro atoms. The minimum Gasteiger partial charge on any atom is -0.374 e. The second kappa shape index (κ2) is 5.56. The Morgan fingerprint density at radius 2 is 2.29 bits per heavy atom. The normalized spacial score (nSPS) is 15.1. The first-order valence-corrected chi connectivity index (χ1v) is 5.51. The lowest BCUT2D eigenvalue weighted by Gasteiger charge is -2.19. The van der Waals surface area contributed by atoms with Crippen molar-refractivity contribution in [1.29, 1.82) is 0 Å². The number of hydrogen-bond donors (Lipinski definition) is 1. The first-order valence-electron chi connectivity index (χ1n) is 4.18. The van der Waals surface area contributed by atoms with Crippen molar-refractivity contribution in [2.45, 2.75) is 18.3 Å². The number of nitrogens with zero attached hydrogens (tertiary/aromatic N) is 1. The lowest BCUT2D eigenvalue weighted by molar-refractivity contribution is 0.101. The van der Waals surface area contributed by atoms with Gasteiger partial charge in [-0.2, -0.15) is 0 Å². The van der Waals surface area contributed by atoms with E-state index < -0.39 is 0 Å². The van der Waals surface area contributed by atoms with Crippen LogP contribution in [-0.2, 0) is 4.74 Å². The largest absolute Gasteiger partial charge is 0.374 e. The van der Waals surface area contributed by atoms with Gasteiger partial charge < -0.3 is 4.74 Å². The predicted octanol–water partition coefficient (Wildman–Crippen LogP) is 2.42. The van der Waals surface area contributed by atoms with E-state index in [-0.39, 0.29) is 11.4 Å². The van der Waals surface area contributed by atoms with Gasteiger partial charge in [0.1, 0.15) is 6.10 Å². The lowest BCUT2D eigenvalue weighted by atomic mass is 10.2. The smallest absolute Gasteiger partial charge is 0.112 e. The number of nitrogens with two attached hydrogens (primary N) is 1. The van der Waals surface area contributed by atoms with Gasteiger partial charge in [-0.3, -0.25) is 10.1 Å². The number of methoxy groups -OCH3 is 1. The average molecular weight is 233 g/mol. The highest BCUT2D eigenvalue weighted by molar-refractivity contribution is 7.97. The molecule has 0 fully saturated rings. The predicted molar refractivity (Wildman–Crippen MR) is 60.2 cm³/mol. The Balaban J connectivity index is 2.84. The molecule has 0 saturated carbocycles. The maximum atomic E-state index is 5.74. The Kier molecular flexibility index (Phi) is 4.68. The molecule has 2 N–H and O–H groups in total. The third-order valence-electron chi connectivity index (χ3n) is 1.94. The molecule has 0 aromatic carbocycles. The molecular formula is C9H13ClN2OS. The van der Waals surface area contributed by atoms with E-state index in [0.717, 1.165) is 5.69 Å². The minimum absolute atomic E-state index is 0.0951. The molecule has 0 bridgehead atoms. The zero-order chi connectivity index (χ0) is 10.6. The maximum Gasteiger partial charge on any atom is 0.112 e. The van der Waals surface area contributed by atoms with Crippen LogP contribution in [-0.4, -0.2) is 17.3 Å². The van der Waals surface area contributed by atoms with Crippen molar-refractivity contribution in [3.63, 3.8) is 0 Å². The van der Waals surface area contributed by atoms with Crippen LogP contribution in [0.2, 0.25) is 5.02 Å². The van der Waals surface area contributed by atoms with Gasteiger partial charge in [0.05, 0.1) is 10.7 Å². The molecule has 0 saturated heterocycles. The third kappa shape index (κ3) is 2.85. The Morgan fingerprint density at radius 1 is 1.57 bits per heavy atom. The van der Waals surface area contributed by atoms with Gasteiger partial charge in [0, 0.05) is 18.6 Å². The Labute approximate surface area is 93.1 Å². The first-order chi connectivity index (χ1) is 6.69. The van der Waals surface area contributed by atoms with Gasteiger partial charge in [-0.25, -0.2) is 0 Å². The molecule has 1 aromatic heterocycles. The summed E-state index contributed by atoms with van der Waals surface area (Å²) in [5.41, 5.74) is 0.849. The fraction of sp³-hybridized carbons (Fsp3) is 0.444. The van der Waals surface area contributed by atoms with Crippen molar-refractivity contribution in [1.82, 2.24) is 4.98 Å². The summed E-state index contributed by atoms with van der Waals surface area (Å²) in [6, 6.07) is 3.65. The maximum absolute atomic E-state index is 5.74. The molecule has 78 valence electrons. The molecule has 0 aliphatic carbocycles. The van der Waals surface area contributed by atoms with Crippen molar-refractivity contribution in [3.05, 3.63) is 29.0 Å². The summed E-state index contributed by atoms with van der Waals surface area (Å²) in [5.74, 6) is 0. The van der Waals surface area contributed by atoms with Crippen LogP contribution in [0, 0.1) is 0 Å². The van der Waals surface area contributed by atoms with E-state index in [4.69, 9.17) is 21.5 Å². The molecule has 1 heterocycles. The van der Waals surface area contributed by atoms with Crippen LogP contribution in [0.25, 0.3) is 0 Å². The minimum atomic E-state index is -0.0951. The molecular weight excluding hydrogens is 220 g/mol. The summed E-state index contributed by atoms with van der Waals surface area (Å²) in [4.78, 5) is 4.19. The summed E-state index contributed by atoms with van der Waals surface area (Å²) in [7, 11) is 1.65. The third-order valence-corrected chi connectivity index (χ3v) is 2.84. The van der Waals surface area contributed by atoms with Crippen LogP contribution in [0.15, 0.2) is 18.3 Å². The molecule has 0 aliphatic rings. The topological polar surface area (TPSA) is 48.1 Å². The Hall–Kier alpha value is -0.290. The highest BCUT2D eigenvalue weighted by atomic mass is 35.5. The second-order valence-electron chi connectivity index (χ2n) is 2.90. The summed E-state index contributed by atoms with van der Waals surface area (Å²) < 4.78 is 5.32. The van der Waals surface area contributed by atoms with Gasteiger partial charge in [0.2, 0.25) is 0 Å². The van der Waals surface area contributed by atoms with Crippen molar-refractivity contribution in [2.24, 2.45) is 5.14 Å². The first kappa shape index (κ1) is 11.8. The number of hydrogen-bond acceptors (Lipinski definition) is 4. The Bertz CT molecular complexity index is 281. The number of ether oxygens (including phenoxy) is 1. The monoisotopic (exact) mass is 232 g/mol. The van der Waals surface area contributed by atoms with Crippen LogP contribution in [0.1, 0.15) is 18.7 Å². The summed E-state index contributed by atoms with van der Waals surface area (Å²) in [5, 5.41) is 6.28. The van der Waals surface area contributed by atoms with Crippen molar-refractivity contribution in [2.75, 3.05) is 7.11 Å². The highest BCUT2D eigenvalue weighted by Crippen LogP contribution is 2.25. The summed E-state index contributed by atoms with van der Waals surface area (Å²) in [6.45, 7) is 2.00. The summed E-state index contributed by atoms with van der Waals surface area (Å²) in [6.07, 6.45) is 1.51. The van der Waals surface area contributed by atoms with E-state index in [0.29, 0.717) is 5.02 Å². The van der Waals surface area contributed by atoms with Gasteiger partial charge in [-0.05, 0) is 19.1 Å². The number of aromatic nitrogens is 1. The van der Waals surface area contributed by atoms with Gasteiger partial charge in [0.15, 0.2) is 0 Å². The zero-order valence-electron chi connectivity index (χ0n) is 8.11. The molecule has 1 rings (SSSR count). The fourth-order valence-corrected chi connectivity index (χ4v) is 1.68. The molecule has 3 nitrogen and oxygen atoms in total. The molecule has 5 heteroatoms. The Morgan fingerprint density at radius 3 is 2.71 bits per heavy atom. The van der Waals surface area contributed by atoms with Crippen LogP contribution < -0.4 is 5.14 Å². The number of pyridine rings is 1. The van der Waals surface area contributed by atoms with Gasteiger partial charge in [-0.1, -0.05) is 23.5 Å². The molecule has 0 radical (unpaired) electrons. The van der Waals surface area contributed by atoms with Crippen LogP contribution in [0.3, 0.4) is 0 Å².